The van der Waals surface area contributed by atoms with Gasteiger partial charge in [0.25, 0.3) is 0 Å². The molecule has 0 amide bonds. The second-order valence-electron chi connectivity index (χ2n) is 4.83. The lowest BCUT2D eigenvalue weighted by molar-refractivity contribution is 0.174. The third-order valence-corrected chi connectivity index (χ3v) is 4.25. The molecule has 0 aromatic rings. The van der Waals surface area contributed by atoms with Crippen LogP contribution >= 0.6 is 11.6 Å². The lowest BCUT2D eigenvalue weighted by atomic mass is 10.1. The Kier molecular flexibility index (Phi) is 4.12. The van der Waals surface area contributed by atoms with E-state index < -0.39 is 0 Å². The Hall–Kier alpha value is 0.250. The van der Waals surface area contributed by atoms with Gasteiger partial charge >= 0.3 is 0 Å². The minimum absolute atomic E-state index is 0.694. The molecular weight excluding hydrogens is 194 g/mol. The maximum Gasteiger partial charge on any atom is 0.0379 e. The highest BCUT2D eigenvalue weighted by Gasteiger charge is 2.29. The minimum Gasteiger partial charge on any atom is -0.296 e. The molecule has 1 saturated heterocycles. The fourth-order valence-electron chi connectivity index (χ4n) is 3.09. The van der Waals surface area contributed by atoms with E-state index >= 15 is 0 Å². The van der Waals surface area contributed by atoms with Crippen LogP contribution in [0.25, 0.3) is 0 Å². The maximum atomic E-state index is 6.02. The standard InChI is InChI=1S/C12H22ClN/c13-10-12-8-5-9-14(12)11-6-3-1-2-4-7-11/h11-12H,1-10H2. The van der Waals surface area contributed by atoms with Crippen molar-refractivity contribution in [3.05, 3.63) is 0 Å². The highest BCUT2D eigenvalue weighted by molar-refractivity contribution is 6.18. The summed E-state index contributed by atoms with van der Waals surface area (Å²) in [6.07, 6.45) is 11.3. The van der Waals surface area contributed by atoms with E-state index in [-0.39, 0.29) is 0 Å². The van der Waals surface area contributed by atoms with Crippen LogP contribution in [0.3, 0.4) is 0 Å². The Labute approximate surface area is 92.8 Å². The van der Waals surface area contributed by atoms with Crippen LogP contribution in [0.2, 0.25) is 0 Å². The zero-order valence-electron chi connectivity index (χ0n) is 9.05. The van der Waals surface area contributed by atoms with Gasteiger partial charge < -0.3 is 0 Å². The molecule has 1 heterocycles. The molecule has 1 unspecified atom stereocenters. The molecular formula is C12H22ClN. The Morgan fingerprint density at radius 1 is 0.929 bits per heavy atom. The molecule has 1 aliphatic carbocycles. The quantitative estimate of drug-likeness (QED) is 0.504. The van der Waals surface area contributed by atoms with Gasteiger partial charge in [-0.1, -0.05) is 25.7 Å². The van der Waals surface area contributed by atoms with Crippen LogP contribution in [0.1, 0.15) is 51.4 Å². The second-order valence-corrected chi connectivity index (χ2v) is 5.14. The van der Waals surface area contributed by atoms with Crippen molar-refractivity contribution < 1.29 is 0 Å². The molecule has 1 nitrogen and oxygen atoms in total. The lowest BCUT2D eigenvalue weighted by Crippen LogP contribution is -2.39. The number of likely N-dealkylation sites (tertiary alicyclic amines) is 1. The minimum atomic E-state index is 0.694. The third kappa shape index (κ3) is 2.43. The smallest absolute Gasteiger partial charge is 0.0379 e. The van der Waals surface area contributed by atoms with Crippen molar-refractivity contribution in [2.45, 2.75) is 63.5 Å². The molecule has 0 radical (unpaired) electrons. The van der Waals surface area contributed by atoms with Gasteiger partial charge in [-0.2, -0.15) is 0 Å². The van der Waals surface area contributed by atoms with E-state index in [1.165, 1.54) is 57.9 Å². The summed E-state index contributed by atoms with van der Waals surface area (Å²) in [6, 6.07) is 1.56. The van der Waals surface area contributed by atoms with Crippen molar-refractivity contribution in [3.63, 3.8) is 0 Å². The van der Waals surface area contributed by atoms with E-state index in [0.717, 1.165) is 11.9 Å². The van der Waals surface area contributed by atoms with Crippen molar-refractivity contribution >= 4 is 11.6 Å². The van der Waals surface area contributed by atoms with Gasteiger partial charge in [0.15, 0.2) is 0 Å². The first kappa shape index (κ1) is 10.8. The van der Waals surface area contributed by atoms with E-state index in [1.54, 1.807) is 0 Å². The molecule has 82 valence electrons. The Balaban J connectivity index is 1.91. The Bertz CT molecular complexity index is 164. The van der Waals surface area contributed by atoms with Crippen LogP contribution in [-0.4, -0.2) is 29.4 Å². The second kappa shape index (κ2) is 5.37. The van der Waals surface area contributed by atoms with Gasteiger partial charge in [0.1, 0.15) is 0 Å². The summed E-state index contributed by atoms with van der Waals surface area (Å²) >= 11 is 6.02. The van der Waals surface area contributed by atoms with E-state index in [2.05, 4.69) is 4.90 Å². The van der Waals surface area contributed by atoms with E-state index in [0.29, 0.717) is 6.04 Å². The normalized spacial score (nSPS) is 31.9. The molecule has 2 aliphatic rings. The predicted molar refractivity (Wildman–Crippen MR) is 61.9 cm³/mol. The van der Waals surface area contributed by atoms with Crippen LogP contribution < -0.4 is 0 Å². The lowest BCUT2D eigenvalue weighted by Gasteiger charge is -2.31. The maximum absolute atomic E-state index is 6.02. The van der Waals surface area contributed by atoms with Gasteiger partial charge in [-0.25, -0.2) is 0 Å². The summed E-state index contributed by atoms with van der Waals surface area (Å²) in [5, 5.41) is 0. The third-order valence-electron chi connectivity index (χ3n) is 3.89. The molecule has 0 aromatic heterocycles. The highest BCUT2D eigenvalue weighted by atomic mass is 35.5. The number of hydrogen-bond donors (Lipinski definition) is 0. The van der Waals surface area contributed by atoms with Gasteiger partial charge in [-0.3, -0.25) is 4.90 Å². The summed E-state index contributed by atoms with van der Waals surface area (Å²) in [7, 11) is 0. The predicted octanol–water partition coefficient (Wildman–Crippen LogP) is 3.41. The van der Waals surface area contributed by atoms with Gasteiger partial charge in [0, 0.05) is 18.0 Å². The fourth-order valence-corrected chi connectivity index (χ4v) is 3.43. The first-order valence-electron chi connectivity index (χ1n) is 6.23. The first-order chi connectivity index (χ1) is 6.92. The topological polar surface area (TPSA) is 3.24 Å². The molecule has 1 atom stereocenters. The summed E-state index contributed by atoms with van der Waals surface area (Å²) in [6.45, 7) is 1.31. The number of hydrogen-bond acceptors (Lipinski definition) is 1. The molecule has 1 aliphatic heterocycles. The molecule has 0 N–H and O–H groups in total. The SMILES string of the molecule is ClCC1CCCN1C1CCCCCC1. The number of nitrogens with zero attached hydrogens (tertiary/aromatic N) is 1. The van der Waals surface area contributed by atoms with Crippen molar-refractivity contribution in [2.75, 3.05) is 12.4 Å². The largest absolute Gasteiger partial charge is 0.296 e. The van der Waals surface area contributed by atoms with Crippen molar-refractivity contribution in [1.82, 2.24) is 4.90 Å². The molecule has 0 aromatic carbocycles. The van der Waals surface area contributed by atoms with E-state index in [1.807, 2.05) is 0 Å². The van der Waals surface area contributed by atoms with Crippen LogP contribution in [0.4, 0.5) is 0 Å². The van der Waals surface area contributed by atoms with Gasteiger partial charge in [0.05, 0.1) is 0 Å². The van der Waals surface area contributed by atoms with Crippen LogP contribution in [0.15, 0.2) is 0 Å². The zero-order chi connectivity index (χ0) is 9.80. The Morgan fingerprint density at radius 2 is 1.64 bits per heavy atom. The number of halogens is 1. The first-order valence-corrected chi connectivity index (χ1v) is 6.77. The van der Waals surface area contributed by atoms with E-state index in [9.17, 15) is 0 Å². The van der Waals surface area contributed by atoms with Gasteiger partial charge in [-0.15, -0.1) is 11.6 Å². The average molecular weight is 216 g/mol. The molecule has 2 rings (SSSR count). The highest BCUT2D eigenvalue weighted by Crippen LogP contribution is 2.28. The Morgan fingerprint density at radius 3 is 2.29 bits per heavy atom. The van der Waals surface area contributed by atoms with Gasteiger partial charge in [0.2, 0.25) is 0 Å². The summed E-state index contributed by atoms with van der Waals surface area (Å²) in [4.78, 5) is 2.71. The average Bonchev–Trinajstić information content (AvgIpc) is 2.52. The fraction of sp³-hybridized carbons (Fsp3) is 1.00. The molecule has 2 fully saturated rings. The number of rotatable bonds is 2. The molecule has 0 spiro atoms. The zero-order valence-corrected chi connectivity index (χ0v) is 9.81. The van der Waals surface area contributed by atoms with E-state index in [4.69, 9.17) is 11.6 Å². The number of alkyl halides is 1. The summed E-state index contributed by atoms with van der Waals surface area (Å²) in [5.41, 5.74) is 0. The molecule has 0 bridgehead atoms. The molecule has 14 heavy (non-hydrogen) atoms. The van der Waals surface area contributed by atoms with Crippen molar-refractivity contribution in [3.8, 4) is 0 Å². The van der Waals surface area contributed by atoms with Crippen molar-refractivity contribution in [1.29, 1.82) is 0 Å². The van der Waals surface area contributed by atoms with Crippen molar-refractivity contribution in [2.24, 2.45) is 0 Å². The summed E-state index contributed by atoms with van der Waals surface area (Å²) in [5.74, 6) is 0.844. The van der Waals surface area contributed by atoms with Crippen LogP contribution in [-0.2, 0) is 0 Å². The monoisotopic (exact) mass is 215 g/mol. The van der Waals surface area contributed by atoms with Crippen LogP contribution in [0.5, 0.6) is 0 Å². The molecule has 1 saturated carbocycles. The molecule has 2 heteroatoms. The van der Waals surface area contributed by atoms with Crippen LogP contribution in [0, 0.1) is 0 Å². The summed E-state index contributed by atoms with van der Waals surface area (Å²) < 4.78 is 0. The van der Waals surface area contributed by atoms with Gasteiger partial charge in [-0.05, 0) is 32.2 Å².